The van der Waals surface area contributed by atoms with E-state index in [-0.39, 0.29) is 18.6 Å². The number of carboxylic acids is 1. The Morgan fingerprint density at radius 3 is 2.17 bits per heavy atom. The van der Waals surface area contributed by atoms with E-state index in [4.69, 9.17) is 5.11 Å². The van der Waals surface area contributed by atoms with Gasteiger partial charge < -0.3 is 15.3 Å². The molecule has 2 N–H and O–H groups in total. The van der Waals surface area contributed by atoms with Gasteiger partial charge in [0.05, 0.1) is 0 Å². The van der Waals surface area contributed by atoms with Crippen LogP contribution in [0.2, 0.25) is 0 Å². The number of aliphatic carboxylic acids is 1. The molecule has 0 fully saturated rings. The fraction of sp³-hybridized carbons (Fsp3) is 0.846. The predicted octanol–water partition coefficient (Wildman–Crippen LogP) is 2.17. The summed E-state index contributed by atoms with van der Waals surface area (Å²) in [6, 6.07) is -0.366. The number of carbonyl (C=O) groups excluding carboxylic acids is 1. The molecule has 0 heterocycles. The Bertz CT molecular complexity index is 279. The Morgan fingerprint density at radius 2 is 1.78 bits per heavy atom. The number of hydrogen-bond acceptors (Lipinski definition) is 2. The molecule has 0 aliphatic carbocycles. The molecule has 0 aromatic carbocycles. The van der Waals surface area contributed by atoms with Gasteiger partial charge >= 0.3 is 12.0 Å². The van der Waals surface area contributed by atoms with Crippen molar-refractivity contribution in [2.24, 2.45) is 11.8 Å². The van der Waals surface area contributed by atoms with E-state index in [1.807, 2.05) is 13.8 Å². The van der Waals surface area contributed by atoms with Crippen molar-refractivity contribution in [3.05, 3.63) is 0 Å². The summed E-state index contributed by atoms with van der Waals surface area (Å²) in [6.07, 6.45) is 0.737. The van der Waals surface area contributed by atoms with Gasteiger partial charge in [-0.15, -0.1) is 0 Å². The summed E-state index contributed by atoms with van der Waals surface area (Å²) in [4.78, 5) is 24.1. The first-order valence-electron chi connectivity index (χ1n) is 6.55. The minimum Gasteiger partial charge on any atom is -0.480 e. The molecule has 2 unspecified atom stereocenters. The zero-order chi connectivity index (χ0) is 14.3. The van der Waals surface area contributed by atoms with E-state index in [1.165, 1.54) is 4.90 Å². The van der Waals surface area contributed by atoms with E-state index >= 15 is 0 Å². The monoisotopic (exact) mass is 258 g/mol. The SMILES string of the molecule is CCC(C)N(CC(=O)O)C(=O)NCC(C)C(C)C. The molecule has 0 saturated heterocycles. The largest absolute Gasteiger partial charge is 0.480 e. The molecule has 2 atom stereocenters. The average Bonchev–Trinajstić information content (AvgIpc) is 2.31. The number of nitrogens with one attached hydrogen (secondary N) is 1. The molecular weight excluding hydrogens is 232 g/mol. The number of rotatable bonds is 7. The van der Waals surface area contributed by atoms with Crippen LogP contribution >= 0.6 is 0 Å². The van der Waals surface area contributed by atoms with Crippen molar-refractivity contribution in [3.8, 4) is 0 Å². The van der Waals surface area contributed by atoms with E-state index in [0.29, 0.717) is 18.4 Å². The minimum atomic E-state index is -0.984. The highest BCUT2D eigenvalue weighted by atomic mass is 16.4. The van der Waals surface area contributed by atoms with Crippen LogP contribution in [0.4, 0.5) is 4.79 Å². The predicted molar refractivity (Wildman–Crippen MR) is 71.5 cm³/mol. The second-order valence-corrected chi connectivity index (χ2v) is 5.19. The fourth-order valence-electron chi connectivity index (χ4n) is 1.38. The van der Waals surface area contributed by atoms with E-state index in [1.54, 1.807) is 0 Å². The molecule has 106 valence electrons. The molecular formula is C13H26N2O3. The molecule has 18 heavy (non-hydrogen) atoms. The third kappa shape index (κ3) is 5.89. The van der Waals surface area contributed by atoms with E-state index < -0.39 is 5.97 Å². The van der Waals surface area contributed by atoms with Crippen molar-refractivity contribution in [3.63, 3.8) is 0 Å². The molecule has 0 rings (SSSR count). The maximum atomic E-state index is 12.0. The van der Waals surface area contributed by atoms with Crippen molar-refractivity contribution in [1.82, 2.24) is 10.2 Å². The van der Waals surface area contributed by atoms with Crippen LogP contribution in [-0.4, -0.2) is 41.1 Å². The average molecular weight is 258 g/mol. The Labute approximate surface area is 110 Å². The van der Waals surface area contributed by atoms with Crippen LogP contribution in [0.3, 0.4) is 0 Å². The Hall–Kier alpha value is -1.26. The number of urea groups is 1. The molecule has 2 amide bonds. The number of carboxylic acid groups (broad SMARTS) is 1. The lowest BCUT2D eigenvalue weighted by Gasteiger charge is -2.28. The van der Waals surface area contributed by atoms with Gasteiger partial charge in [-0.1, -0.05) is 27.7 Å². The Morgan fingerprint density at radius 1 is 1.22 bits per heavy atom. The summed E-state index contributed by atoms with van der Waals surface area (Å²) in [7, 11) is 0. The zero-order valence-corrected chi connectivity index (χ0v) is 12.1. The smallest absolute Gasteiger partial charge is 0.323 e. The first-order chi connectivity index (χ1) is 8.29. The Balaban J connectivity index is 4.42. The van der Waals surface area contributed by atoms with Gasteiger partial charge in [0.1, 0.15) is 6.54 Å². The lowest BCUT2D eigenvalue weighted by molar-refractivity contribution is -0.138. The molecule has 0 aliphatic heterocycles. The van der Waals surface area contributed by atoms with Crippen LogP contribution in [-0.2, 0) is 4.79 Å². The first kappa shape index (κ1) is 16.7. The first-order valence-corrected chi connectivity index (χ1v) is 6.55. The minimum absolute atomic E-state index is 0.0737. The van der Waals surface area contributed by atoms with Crippen LogP contribution in [0.1, 0.15) is 41.0 Å². The highest BCUT2D eigenvalue weighted by molar-refractivity contribution is 5.80. The normalized spacial score (nSPS) is 14.1. The standard InChI is InChI=1S/C13H26N2O3/c1-6-11(5)15(8-12(16)17)13(18)14-7-10(4)9(2)3/h9-11H,6-8H2,1-5H3,(H,14,18)(H,16,17). The highest BCUT2D eigenvalue weighted by Gasteiger charge is 2.21. The van der Waals surface area contributed by atoms with Crippen LogP contribution in [0.15, 0.2) is 0 Å². The third-order valence-corrected chi connectivity index (χ3v) is 3.40. The number of carbonyl (C=O) groups is 2. The molecule has 5 heteroatoms. The van der Waals surface area contributed by atoms with Crippen LogP contribution < -0.4 is 5.32 Å². The quantitative estimate of drug-likeness (QED) is 0.735. The van der Waals surface area contributed by atoms with Crippen LogP contribution in [0.25, 0.3) is 0 Å². The molecule has 0 aromatic rings. The maximum absolute atomic E-state index is 12.0. The second-order valence-electron chi connectivity index (χ2n) is 5.19. The number of amides is 2. The van der Waals surface area contributed by atoms with Gasteiger partial charge in [-0.2, -0.15) is 0 Å². The summed E-state index contributed by atoms with van der Waals surface area (Å²) in [5.74, 6) is -0.123. The molecule has 0 bridgehead atoms. The van der Waals surface area contributed by atoms with Gasteiger partial charge in [0, 0.05) is 12.6 Å². The van der Waals surface area contributed by atoms with E-state index in [2.05, 4.69) is 26.1 Å². The summed E-state index contributed by atoms with van der Waals surface area (Å²) in [5.41, 5.74) is 0. The zero-order valence-electron chi connectivity index (χ0n) is 12.1. The third-order valence-electron chi connectivity index (χ3n) is 3.40. The van der Waals surface area contributed by atoms with Crippen LogP contribution in [0.5, 0.6) is 0 Å². The van der Waals surface area contributed by atoms with Gasteiger partial charge in [0.2, 0.25) is 0 Å². The van der Waals surface area contributed by atoms with Gasteiger partial charge in [-0.05, 0) is 25.2 Å². The fourth-order valence-corrected chi connectivity index (χ4v) is 1.38. The van der Waals surface area contributed by atoms with Crippen molar-refractivity contribution in [2.45, 2.75) is 47.1 Å². The molecule has 5 nitrogen and oxygen atoms in total. The van der Waals surface area contributed by atoms with Crippen molar-refractivity contribution in [2.75, 3.05) is 13.1 Å². The number of hydrogen-bond donors (Lipinski definition) is 2. The van der Waals surface area contributed by atoms with Gasteiger partial charge in [-0.3, -0.25) is 4.79 Å². The maximum Gasteiger partial charge on any atom is 0.323 e. The van der Waals surface area contributed by atoms with Gasteiger partial charge in [0.25, 0.3) is 0 Å². The van der Waals surface area contributed by atoms with Crippen molar-refractivity contribution >= 4 is 12.0 Å². The molecule has 0 aliphatic rings. The van der Waals surface area contributed by atoms with Crippen molar-refractivity contribution < 1.29 is 14.7 Å². The lowest BCUT2D eigenvalue weighted by atomic mass is 9.98. The molecule has 0 saturated carbocycles. The topological polar surface area (TPSA) is 69.6 Å². The summed E-state index contributed by atoms with van der Waals surface area (Å²) in [5, 5.41) is 11.6. The van der Waals surface area contributed by atoms with Crippen molar-refractivity contribution in [1.29, 1.82) is 0 Å². The lowest BCUT2D eigenvalue weighted by Crippen LogP contribution is -2.48. The van der Waals surface area contributed by atoms with Gasteiger partial charge in [-0.25, -0.2) is 4.79 Å². The summed E-state index contributed by atoms with van der Waals surface area (Å²) >= 11 is 0. The Kier molecular flexibility index (Phi) is 7.39. The summed E-state index contributed by atoms with van der Waals surface area (Å²) < 4.78 is 0. The number of nitrogens with zero attached hydrogens (tertiary/aromatic N) is 1. The highest BCUT2D eigenvalue weighted by Crippen LogP contribution is 2.09. The molecule has 0 aromatic heterocycles. The van der Waals surface area contributed by atoms with Crippen LogP contribution in [0, 0.1) is 11.8 Å². The second kappa shape index (κ2) is 7.95. The molecule has 0 spiro atoms. The summed E-state index contributed by atoms with van der Waals surface area (Å²) in [6.45, 7) is 10.4. The van der Waals surface area contributed by atoms with Gasteiger partial charge in [0.15, 0.2) is 0 Å². The van der Waals surface area contributed by atoms with E-state index in [0.717, 1.165) is 6.42 Å². The molecule has 0 radical (unpaired) electrons. The van der Waals surface area contributed by atoms with E-state index in [9.17, 15) is 9.59 Å².